The summed E-state index contributed by atoms with van der Waals surface area (Å²) in [5.41, 5.74) is 2.70. The normalized spacial score (nSPS) is 15.5. The monoisotopic (exact) mass is 218 g/mol. The molecular weight excluding hydrogens is 204 g/mol. The van der Waals surface area contributed by atoms with Crippen LogP contribution in [0.15, 0.2) is 29.4 Å². The van der Waals surface area contributed by atoms with Gasteiger partial charge in [0.05, 0.1) is 24.4 Å². The summed E-state index contributed by atoms with van der Waals surface area (Å²) < 4.78 is 4.97. The summed E-state index contributed by atoms with van der Waals surface area (Å²) in [6.07, 6.45) is 0.349. The van der Waals surface area contributed by atoms with E-state index in [1.807, 2.05) is 31.2 Å². The number of carbonyl (C=O) groups is 1. The van der Waals surface area contributed by atoms with Crippen molar-refractivity contribution >= 4 is 17.3 Å². The van der Waals surface area contributed by atoms with Crippen molar-refractivity contribution in [3.05, 3.63) is 29.8 Å². The van der Waals surface area contributed by atoms with E-state index in [2.05, 4.69) is 5.10 Å². The summed E-state index contributed by atoms with van der Waals surface area (Å²) >= 11 is 0. The Bertz CT molecular complexity index is 440. The fourth-order valence-corrected chi connectivity index (χ4v) is 1.69. The molecule has 0 N–H and O–H groups in total. The fourth-order valence-electron chi connectivity index (χ4n) is 1.69. The number of hydrogen-bond donors (Lipinski definition) is 0. The number of ether oxygens (including phenoxy) is 1. The summed E-state index contributed by atoms with van der Waals surface area (Å²) in [7, 11) is 1.60. The maximum absolute atomic E-state index is 11.7. The van der Waals surface area contributed by atoms with E-state index in [1.54, 1.807) is 7.11 Å². The number of carbonyl (C=O) groups excluding carboxylic acids is 1. The average Bonchev–Trinajstić information content (AvgIpc) is 2.60. The molecular formula is C12H14N2O2. The van der Waals surface area contributed by atoms with Crippen LogP contribution < -0.4 is 5.01 Å². The molecule has 16 heavy (non-hydrogen) atoms. The van der Waals surface area contributed by atoms with Crippen LogP contribution in [0.2, 0.25) is 0 Å². The zero-order chi connectivity index (χ0) is 11.5. The SMILES string of the molecule is COCC1=NN(c2cccc(C)c2)C(=O)C1. The number of methoxy groups -OCH3 is 1. The van der Waals surface area contributed by atoms with Crippen LogP contribution in [-0.2, 0) is 9.53 Å². The number of hydrazone groups is 1. The summed E-state index contributed by atoms with van der Waals surface area (Å²) in [6, 6.07) is 7.73. The van der Waals surface area contributed by atoms with E-state index in [0.29, 0.717) is 13.0 Å². The number of anilines is 1. The van der Waals surface area contributed by atoms with Crippen molar-refractivity contribution < 1.29 is 9.53 Å². The van der Waals surface area contributed by atoms with Crippen molar-refractivity contribution in [3.8, 4) is 0 Å². The zero-order valence-corrected chi connectivity index (χ0v) is 9.43. The van der Waals surface area contributed by atoms with Crippen LogP contribution >= 0.6 is 0 Å². The fraction of sp³-hybridized carbons (Fsp3) is 0.333. The number of benzene rings is 1. The molecule has 0 saturated carbocycles. The topological polar surface area (TPSA) is 41.9 Å². The lowest BCUT2D eigenvalue weighted by atomic mass is 10.2. The Morgan fingerprint density at radius 2 is 2.31 bits per heavy atom. The van der Waals surface area contributed by atoms with E-state index in [1.165, 1.54) is 5.01 Å². The van der Waals surface area contributed by atoms with Crippen LogP contribution in [-0.4, -0.2) is 25.3 Å². The molecule has 1 aliphatic heterocycles. The molecule has 1 amide bonds. The quantitative estimate of drug-likeness (QED) is 0.775. The maximum Gasteiger partial charge on any atom is 0.253 e. The molecule has 0 radical (unpaired) electrons. The number of hydrogen-bond acceptors (Lipinski definition) is 3. The number of amides is 1. The summed E-state index contributed by atoms with van der Waals surface area (Å²) in [6.45, 7) is 2.40. The van der Waals surface area contributed by atoms with Crippen molar-refractivity contribution in [1.82, 2.24) is 0 Å². The van der Waals surface area contributed by atoms with Crippen molar-refractivity contribution in [1.29, 1.82) is 0 Å². The molecule has 0 aliphatic carbocycles. The molecule has 0 saturated heterocycles. The minimum atomic E-state index is -0.00218. The zero-order valence-electron chi connectivity index (χ0n) is 9.43. The van der Waals surface area contributed by atoms with Gasteiger partial charge in [-0.3, -0.25) is 4.79 Å². The van der Waals surface area contributed by atoms with E-state index < -0.39 is 0 Å². The number of rotatable bonds is 3. The lowest BCUT2D eigenvalue weighted by Crippen LogP contribution is -2.19. The van der Waals surface area contributed by atoms with Gasteiger partial charge >= 0.3 is 0 Å². The third-order valence-electron chi connectivity index (χ3n) is 2.39. The molecule has 0 fully saturated rings. The molecule has 84 valence electrons. The van der Waals surface area contributed by atoms with Gasteiger partial charge in [-0.15, -0.1) is 0 Å². The van der Waals surface area contributed by atoms with Gasteiger partial charge in [0.25, 0.3) is 5.91 Å². The van der Waals surface area contributed by atoms with Crippen LogP contribution in [0.1, 0.15) is 12.0 Å². The highest BCUT2D eigenvalue weighted by Gasteiger charge is 2.24. The second kappa shape index (κ2) is 4.45. The first-order valence-corrected chi connectivity index (χ1v) is 5.15. The molecule has 0 atom stereocenters. The standard InChI is InChI=1S/C12H14N2O2/c1-9-4-3-5-11(6-9)14-12(15)7-10(13-14)8-16-2/h3-6H,7-8H2,1-2H3. The Balaban J connectivity index is 2.24. The predicted molar refractivity (Wildman–Crippen MR) is 62.6 cm³/mol. The van der Waals surface area contributed by atoms with Gasteiger partial charge in [-0.1, -0.05) is 12.1 Å². The second-order valence-electron chi connectivity index (χ2n) is 3.82. The van der Waals surface area contributed by atoms with Crippen LogP contribution in [0.5, 0.6) is 0 Å². The maximum atomic E-state index is 11.7. The van der Waals surface area contributed by atoms with Gasteiger partial charge < -0.3 is 4.74 Å². The molecule has 2 rings (SSSR count). The summed E-state index contributed by atoms with van der Waals surface area (Å²) in [5.74, 6) is -0.00218. The predicted octanol–water partition coefficient (Wildman–Crippen LogP) is 1.73. The van der Waals surface area contributed by atoms with E-state index in [0.717, 1.165) is 17.0 Å². The summed E-state index contributed by atoms with van der Waals surface area (Å²) in [4.78, 5) is 11.7. The van der Waals surface area contributed by atoms with Gasteiger partial charge in [-0.25, -0.2) is 5.01 Å². The van der Waals surface area contributed by atoms with Crippen LogP contribution in [0.4, 0.5) is 5.69 Å². The highest BCUT2D eigenvalue weighted by atomic mass is 16.5. The van der Waals surface area contributed by atoms with Gasteiger partial charge in [0.15, 0.2) is 0 Å². The molecule has 1 heterocycles. The van der Waals surface area contributed by atoms with Crippen molar-refractivity contribution in [2.24, 2.45) is 5.10 Å². The van der Waals surface area contributed by atoms with E-state index in [4.69, 9.17) is 4.74 Å². The third kappa shape index (κ3) is 2.12. The highest BCUT2D eigenvalue weighted by molar-refractivity contribution is 6.13. The number of aryl methyl sites for hydroxylation is 1. The minimum absolute atomic E-state index is 0.00218. The van der Waals surface area contributed by atoms with Gasteiger partial charge in [0.1, 0.15) is 0 Å². The lowest BCUT2D eigenvalue weighted by molar-refractivity contribution is -0.116. The van der Waals surface area contributed by atoms with Gasteiger partial charge in [0.2, 0.25) is 0 Å². The average molecular weight is 218 g/mol. The first kappa shape index (κ1) is 10.8. The second-order valence-corrected chi connectivity index (χ2v) is 3.82. The first-order valence-electron chi connectivity index (χ1n) is 5.15. The Kier molecular flexibility index (Phi) is 3.01. The smallest absolute Gasteiger partial charge is 0.253 e. The van der Waals surface area contributed by atoms with Crippen molar-refractivity contribution in [3.63, 3.8) is 0 Å². The molecule has 1 aliphatic rings. The summed E-state index contributed by atoms with van der Waals surface area (Å²) in [5, 5.41) is 5.69. The molecule has 4 nitrogen and oxygen atoms in total. The van der Waals surface area contributed by atoms with Crippen molar-refractivity contribution in [2.75, 3.05) is 18.7 Å². The van der Waals surface area contributed by atoms with Crippen molar-refractivity contribution in [2.45, 2.75) is 13.3 Å². The molecule has 0 unspecified atom stereocenters. The van der Waals surface area contributed by atoms with Gasteiger partial charge in [-0.05, 0) is 24.6 Å². The van der Waals surface area contributed by atoms with Gasteiger partial charge in [-0.2, -0.15) is 5.10 Å². The molecule has 1 aromatic carbocycles. The van der Waals surface area contributed by atoms with Crippen LogP contribution in [0.25, 0.3) is 0 Å². The van der Waals surface area contributed by atoms with E-state index in [-0.39, 0.29) is 5.91 Å². The Morgan fingerprint density at radius 3 is 3.00 bits per heavy atom. The minimum Gasteiger partial charge on any atom is -0.379 e. The van der Waals surface area contributed by atoms with E-state index in [9.17, 15) is 4.79 Å². The largest absolute Gasteiger partial charge is 0.379 e. The highest BCUT2D eigenvalue weighted by Crippen LogP contribution is 2.21. The first-order chi connectivity index (χ1) is 7.70. The van der Waals surface area contributed by atoms with Gasteiger partial charge in [0, 0.05) is 7.11 Å². The Labute approximate surface area is 94.5 Å². The molecule has 1 aromatic rings. The van der Waals surface area contributed by atoms with E-state index >= 15 is 0 Å². The lowest BCUT2D eigenvalue weighted by Gasteiger charge is -2.11. The van der Waals surface area contributed by atoms with Crippen LogP contribution in [0.3, 0.4) is 0 Å². The van der Waals surface area contributed by atoms with Crippen LogP contribution in [0, 0.1) is 6.92 Å². The molecule has 0 spiro atoms. The molecule has 0 bridgehead atoms. The molecule has 0 aromatic heterocycles. The Hall–Kier alpha value is -1.68. The number of nitrogens with zero attached hydrogens (tertiary/aromatic N) is 2. The third-order valence-corrected chi connectivity index (χ3v) is 2.39. The molecule has 4 heteroatoms. The Morgan fingerprint density at radius 1 is 1.50 bits per heavy atom.